The molecule has 2 nitrogen and oxygen atoms in total. The van der Waals surface area contributed by atoms with E-state index in [1.165, 1.54) is 28.0 Å². The van der Waals surface area contributed by atoms with Gasteiger partial charge in [0.2, 0.25) is 0 Å². The normalized spacial score (nSPS) is 11.2. The molecule has 0 unspecified atom stereocenters. The molecule has 17 heavy (non-hydrogen) atoms. The molecule has 1 heterocycles. The van der Waals surface area contributed by atoms with Crippen molar-refractivity contribution in [3.05, 3.63) is 36.0 Å². The van der Waals surface area contributed by atoms with Crippen LogP contribution in [0.2, 0.25) is 0 Å². The van der Waals surface area contributed by atoms with Gasteiger partial charge in [0, 0.05) is 24.0 Å². The van der Waals surface area contributed by atoms with Crippen LogP contribution in [-0.2, 0) is 13.0 Å². The summed E-state index contributed by atoms with van der Waals surface area (Å²) in [5, 5.41) is 1.33. The van der Waals surface area contributed by atoms with Gasteiger partial charge in [-0.3, -0.25) is 0 Å². The van der Waals surface area contributed by atoms with E-state index in [2.05, 4.69) is 42.0 Å². The first kappa shape index (κ1) is 12.5. The zero-order chi connectivity index (χ0) is 12.1. The maximum atomic E-state index is 5.58. The van der Waals surface area contributed by atoms with Crippen molar-refractivity contribution in [2.24, 2.45) is 5.73 Å². The first-order chi connectivity index (χ1) is 8.35. The second kappa shape index (κ2) is 6.12. The van der Waals surface area contributed by atoms with Crippen LogP contribution in [0.5, 0.6) is 0 Å². The summed E-state index contributed by atoms with van der Waals surface area (Å²) in [4.78, 5) is 0. The van der Waals surface area contributed by atoms with E-state index < -0.39 is 0 Å². The Morgan fingerprint density at radius 1 is 1.29 bits per heavy atom. The summed E-state index contributed by atoms with van der Waals surface area (Å²) in [5.74, 6) is 2.38. The minimum Gasteiger partial charge on any atom is -0.347 e. The average Bonchev–Trinajstić information content (AvgIpc) is 2.73. The molecule has 0 aliphatic rings. The van der Waals surface area contributed by atoms with Gasteiger partial charge in [-0.15, -0.1) is 0 Å². The fraction of sp³-hybridized carbons (Fsp3) is 0.429. The van der Waals surface area contributed by atoms with Gasteiger partial charge in [-0.1, -0.05) is 13.0 Å². The first-order valence-electron chi connectivity index (χ1n) is 6.20. The third-order valence-corrected chi connectivity index (χ3v) is 3.83. The summed E-state index contributed by atoms with van der Waals surface area (Å²) in [6.07, 6.45) is 3.15. The summed E-state index contributed by atoms with van der Waals surface area (Å²) in [7, 11) is 0. The molecular formula is C14H20N2S. The monoisotopic (exact) mass is 248 g/mol. The molecule has 0 amide bonds. The molecule has 0 saturated carbocycles. The van der Waals surface area contributed by atoms with Gasteiger partial charge in [0.15, 0.2) is 0 Å². The van der Waals surface area contributed by atoms with Crippen molar-refractivity contribution >= 4 is 22.7 Å². The lowest BCUT2D eigenvalue weighted by atomic mass is 10.1. The van der Waals surface area contributed by atoms with E-state index in [0.717, 1.165) is 19.5 Å². The largest absolute Gasteiger partial charge is 0.347 e. The highest BCUT2D eigenvalue weighted by atomic mass is 32.2. The second-order valence-corrected chi connectivity index (χ2v) is 5.53. The Hall–Kier alpha value is -0.930. The summed E-state index contributed by atoms with van der Waals surface area (Å²) >= 11 is 1.99. The summed E-state index contributed by atoms with van der Waals surface area (Å²) < 4.78 is 2.34. The van der Waals surface area contributed by atoms with Gasteiger partial charge in [0.1, 0.15) is 0 Å². The minimum atomic E-state index is 0.722. The van der Waals surface area contributed by atoms with Crippen molar-refractivity contribution in [2.75, 3.05) is 18.1 Å². The second-order valence-electron chi connectivity index (χ2n) is 4.14. The zero-order valence-corrected chi connectivity index (χ0v) is 11.2. The molecule has 0 saturated heterocycles. The molecule has 1 aromatic carbocycles. The molecule has 2 rings (SSSR count). The molecule has 0 spiro atoms. The quantitative estimate of drug-likeness (QED) is 0.797. The Bertz CT molecular complexity index is 476. The van der Waals surface area contributed by atoms with Crippen molar-refractivity contribution in [1.29, 1.82) is 0 Å². The van der Waals surface area contributed by atoms with Crippen molar-refractivity contribution in [3.8, 4) is 0 Å². The lowest BCUT2D eigenvalue weighted by Gasteiger charge is -2.05. The third-order valence-electron chi connectivity index (χ3n) is 2.95. The standard InChI is InChI=1S/C14H20N2S/c1-2-17-10-9-16-8-6-13-11-12(5-7-15)3-4-14(13)16/h3-4,6,8,11H,2,5,7,9-10,15H2,1H3. The van der Waals surface area contributed by atoms with E-state index in [9.17, 15) is 0 Å². The molecule has 0 aliphatic heterocycles. The van der Waals surface area contributed by atoms with Crippen molar-refractivity contribution in [1.82, 2.24) is 4.57 Å². The van der Waals surface area contributed by atoms with Crippen LogP contribution in [0.4, 0.5) is 0 Å². The van der Waals surface area contributed by atoms with Gasteiger partial charge in [-0.25, -0.2) is 0 Å². The zero-order valence-electron chi connectivity index (χ0n) is 10.4. The topological polar surface area (TPSA) is 30.9 Å². The summed E-state index contributed by atoms with van der Waals surface area (Å²) in [5.41, 5.74) is 8.25. The van der Waals surface area contributed by atoms with Crippen LogP contribution in [0.1, 0.15) is 12.5 Å². The number of fused-ring (bicyclic) bond motifs is 1. The van der Waals surface area contributed by atoms with Gasteiger partial charge < -0.3 is 10.3 Å². The summed E-state index contributed by atoms with van der Waals surface area (Å²) in [6, 6.07) is 8.87. The van der Waals surface area contributed by atoms with Crippen LogP contribution in [0.15, 0.2) is 30.5 Å². The van der Waals surface area contributed by atoms with Gasteiger partial charge in [0.05, 0.1) is 0 Å². The Morgan fingerprint density at radius 3 is 2.94 bits per heavy atom. The van der Waals surface area contributed by atoms with Gasteiger partial charge in [0.25, 0.3) is 0 Å². The molecule has 0 bridgehead atoms. The molecule has 2 N–H and O–H groups in total. The molecule has 0 radical (unpaired) electrons. The van der Waals surface area contributed by atoms with Crippen LogP contribution in [0, 0.1) is 0 Å². The molecular weight excluding hydrogens is 228 g/mol. The maximum Gasteiger partial charge on any atom is 0.0480 e. The Kier molecular flexibility index (Phi) is 4.51. The highest BCUT2D eigenvalue weighted by Crippen LogP contribution is 2.18. The van der Waals surface area contributed by atoms with E-state index in [1.54, 1.807) is 0 Å². The van der Waals surface area contributed by atoms with E-state index >= 15 is 0 Å². The van der Waals surface area contributed by atoms with Crippen molar-refractivity contribution in [2.45, 2.75) is 19.9 Å². The number of benzene rings is 1. The molecule has 2 aromatic rings. The highest BCUT2D eigenvalue weighted by molar-refractivity contribution is 7.99. The lowest BCUT2D eigenvalue weighted by molar-refractivity contribution is 0.807. The van der Waals surface area contributed by atoms with Crippen LogP contribution in [-0.4, -0.2) is 22.6 Å². The first-order valence-corrected chi connectivity index (χ1v) is 7.36. The number of thioether (sulfide) groups is 1. The molecule has 0 fully saturated rings. The highest BCUT2D eigenvalue weighted by Gasteiger charge is 2.01. The Balaban J connectivity index is 2.16. The Morgan fingerprint density at radius 2 is 2.18 bits per heavy atom. The van der Waals surface area contributed by atoms with Crippen LogP contribution in [0.3, 0.4) is 0 Å². The van der Waals surface area contributed by atoms with Crippen LogP contribution in [0.25, 0.3) is 10.9 Å². The minimum absolute atomic E-state index is 0.722. The maximum absolute atomic E-state index is 5.58. The fourth-order valence-corrected chi connectivity index (χ4v) is 2.69. The number of hydrogen-bond acceptors (Lipinski definition) is 2. The van der Waals surface area contributed by atoms with E-state index in [1.807, 2.05) is 11.8 Å². The van der Waals surface area contributed by atoms with Gasteiger partial charge >= 0.3 is 0 Å². The Labute approximate surface area is 107 Å². The number of aryl methyl sites for hydroxylation is 1. The van der Waals surface area contributed by atoms with Gasteiger partial charge in [-0.2, -0.15) is 11.8 Å². The van der Waals surface area contributed by atoms with Crippen LogP contribution < -0.4 is 5.73 Å². The summed E-state index contributed by atoms with van der Waals surface area (Å²) in [6.45, 7) is 4.02. The van der Waals surface area contributed by atoms with Gasteiger partial charge in [-0.05, 0) is 47.9 Å². The number of hydrogen-bond donors (Lipinski definition) is 1. The number of aromatic nitrogens is 1. The molecule has 0 aliphatic carbocycles. The molecule has 0 atom stereocenters. The van der Waals surface area contributed by atoms with Crippen molar-refractivity contribution < 1.29 is 0 Å². The predicted octanol–water partition coefficient (Wildman–Crippen LogP) is 2.90. The van der Waals surface area contributed by atoms with E-state index in [4.69, 9.17) is 5.73 Å². The molecule has 1 aromatic heterocycles. The molecule has 3 heteroatoms. The smallest absolute Gasteiger partial charge is 0.0480 e. The van der Waals surface area contributed by atoms with E-state index in [0.29, 0.717) is 0 Å². The van der Waals surface area contributed by atoms with E-state index in [-0.39, 0.29) is 0 Å². The fourth-order valence-electron chi connectivity index (χ4n) is 2.07. The number of nitrogens with zero attached hydrogens (tertiary/aromatic N) is 1. The lowest BCUT2D eigenvalue weighted by Crippen LogP contribution is -2.02. The third kappa shape index (κ3) is 3.05. The number of nitrogens with two attached hydrogens (primary N) is 1. The predicted molar refractivity (Wildman–Crippen MR) is 77.7 cm³/mol. The average molecular weight is 248 g/mol. The molecule has 92 valence electrons. The SMILES string of the molecule is CCSCCn1ccc2cc(CCN)ccc21. The van der Waals surface area contributed by atoms with Crippen molar-refractivity contribution in [3.63, 3.8) is 0 Å². The van der Waals surface area contributed by atoms with Crippen LogP contribution >= 0.6 is 11.8 Å². The number of rotatable bonds is 6.